The van der Waals surface area contributed by atoms with Gasteiger partial charge in [0.05, 0.1) is 24.1 Å². The van der Waals surface area contributed by atoms with Crippen molar-refractivity contribution >= 4 is 28.9 Å². The van der Waals surface area contributed by atoms with Crippen molar-refractivity contribution in [3.05, 3.63) is 83.7 Å². The van der Waals surface area contributed by atoms with Crippen molar-refractivity contribution in [2.75, 3.05) is 23.4 Å². The maximum Gasteiger partial charge on any atom is 0.338 e. The SMILES string of the molecule is CCOC(=O)c1ccc(Nc2ccc(C(=O)N3CCc4ccccc43)nc2)cc1. The monoisotopic (exact) mass is 387 g/mol. The molecule has 146 valence electrons. The highest BCUT2D eigenvalue weighted by molar-refractivity contribution is 6.06. The molecule has 0 saturated carbocycles. The lowest BCUT2D eigenvalue weighted by molar-refractivity contribution is 0.0526. The van der Waals surface area contributed by atoms with Crippen molar-refractivity contribution in [1.29, 1.82) is 0 Å². The van der Waals surface area contributed by atoms with E-state index >= 15 is 0 Å². The minimum Gasteiger partial charge on any atom is -0.462 e. The van der Waals surface area contributed by atoms with Crippen LogP contribution in [0.4, 0.5) is 17.1 Å². The number of aromatic nitrogens is 1. The molecule has 0 bridgehead atoms. The lowest BCUT2D eigenvalue weighted by atomic mass is 10.2. The highest BCUT2D eigenvalue weighted by Gasteiger charge is 2.25. The van der Waals surface area contributed by atoms with Crippen LogP contribution in [0.15, 0.2) is 66.9 Å². The number of hydrogen-bond donors (Lipinski definition) is 1. The smallest absolute Gasteiger partial charge is 0.338 e. The third kappa shape index (κ3) is 3.96. The van der Waals surface area contributed by atoms with E-state index in [4.69, 9.17) is 4.74 Å². The van der Waals surface area contributed by atoms with Gasteiger partial charge in [-0.05, 0) is 61.4 Å². The summed E-state index contributed by atoms with van der Waals surface area (Å²) in [6, 6.07) is 18.5. The molecule has 0 unspecified atom stereocenters. The quantitative estimate of drug-likeness (QED) is 0.664. The van der Waals surface area contributed by atoms with Gasteiger partial charge in [-0.25, -0.2) is 9.78 Å². The first kappa shape index (κ1) is 18.7. The largest absolute Gasteiger partial charge is 0.462 e. The fourth-order valence-electron chi connectivity index (χ4n) is 3.35. The Morgan fingerprint density at radius 1 is 1.03 bits per heavy atom. The van der Waals surface area contributed by atoms with Crippen LogP contribution in [0.3, 0.4) is 0 Å². The zero-order valence-corrected chi connectivity index (χ0v) is 16.1. The van der Waals surface area contributed by atoms with E-state index in [-0.39, 0.29) is 11.9 Å². The molecule has 0 saturated heterocycles. The molecule has 0 radical (unpaired) electrons. The Morgan fingerprint density at radius 3 is 2.52 bits per heavy atom. The van der Waals surface area contributed by atoms with Crippen molar-refractivity contribution < 1.29 is 14.3 Å². The first-order valence-electron chi connectivity index (χ1n) is 9.56. The molecule has 0 aliphatic carbocycles. The standard InChI is InChI=1S/C23H21N3O3/c1-2-29-23(28)17-7-9-18(10-8-17)25-19-11-12-20(24-15-19)22(27)26-14-13-16-5-3-4-6-21(16)26/h3-12,15,25H,2,13-14H2,1H3. The Labute approximate surface area is 169 Å². The van der Waals surface area contributed by atoms with Gasteiger partial charge < -0.3 is 15.0 Å². The van der Waals surface area contributed by atoms with Crippen LogP contribution in [0.25, 0.3) is 0 Å². The number of fused-ring (bicyclic) bond motifs is 1. The molecule has 1 aliphatic heterocycles. The van der Waals surface area contributed by atoms with E-state index in [0.29, 0.717) is 24.4 Å². The molecular weight excluding hydrogens is 366 g/mol. The molecule has 29 heavy (non-hydrogen) atoms. The summed E-state index contributed by atoms with van der Waals surface area (Å²) < 4.78 is 4.98. The summed E-state index contributed by atoms with van der Waals surface area (Å²) >= 11 is 0. The average Bonchev–Trinajstić information content (AvgIpc) is 3.19. The Balaban J connectivity index is 1.43. The van der Waals surface area contributed by atoms with Gasteiger partial charge in [0, 0.05) is 17.9 Å². The maximum absolute atomic E-state index is 12.8. The Kier molecular flexibility index (Phi) is 5.24. The fourth-order valence-corrected chi connectivity index (χ4v) is 3.35. The number of nitrogens with one attached hydrogen (secondary N) is 1. The molecule has 1 amide bonds. The first-order valence-corrected chi connectivity index (χ1v) is 9.56. The summed E-state index contributed by atoms with van der Waals surface area (Å²) in [6.07, 6.45) is 2.50. The number of pyridine rings is 1. The van der Waals surface area contributed by atoms with Crippen LogP contribution in [0.1, 0.15) is 33.3 Å². The number of para-hydroxylation sites is 1. The van der Waals surface area contributed by atoms with Crippen LogP contribution in [0.2, 0.25) is 0 Å². The van der Waals surface area contributed by atoms with Gasteiger partial charge >= 0.3 is 5.97 Å². The number of nitrogens with zero attached hydrogens (tertiary/aromatic N) is 2. The van der Waals surface area contributed by atoms with Gasteiger partial charge in [-0.3, -0.25) is 4.79 Å². The maximum atomic E-state index is 12.8. The number of anilines is 3. The van der Waals surface area contributed by atoms with Crippen LogP contribution in [-0.2, 0) is 11.2 Å². The van der Waals surface area contributed by atoms with Gasteiger partial charge in [-0.15, -0.1) is 0 Å². The van der Waals surface area contributed by atoms with Gasteiger partial charge in [0.1, 0.15) is 5.69 Å². The highest BCUT2D eigenvalue weighted by Crippen LogP contribution is 2.28. The average molecular weight is 387 g/mol. The van der Waals surface area contributed by atoms with Crippen molar-refractivity contribution in [3.63, 3.8) is 0 Å². The summed E-state index contributed by atoms with van der Waals surface area (Å²) in [5, 5.41) is 3.21. The predicted octanol–water partition coefficient (Wildman–Crippen LogP) is 4.20. The Bertz CT molecular complexity index is 1030. The van der Waals surface area contributed by atoms with Gasteiger partial charge in [0.25, 0.3) is 5.91 Å². The van der Waals surface area contributed by atoms with Crippen molar-refractivity contribution in [3.8, 4) is 0 Å². The number of hydrogen-bond acceptors (Lipinski definition) is 5. The lowest BCUT2D eigenvalue weighted by Gasteiger charge is -2.17. The Morgan fingerprint density at radius 2 is 1.79 bits per heavy atom. The zero-order valence-electron chi connectivity index (χ0n) is 16.1. The highest BCUT2D eigenvalue weighted by atomic mass is 16.5. The lowest BCUT2D eigenvalue weighted by Crippen LogP contribution is -2.29. The van der Waals surface area contributed by atoms with Crippen LogP contribution in [-0.4, -0.2) is 30.0 Å². The van der Waals surface area contributed by atoms with Gasteiger partial charge in [-0.2, -0.15) is 0 Å². The molecular formula is C23H21N3O3. The molecule has 3 aromatic rings. The summed E-state index contributed by atoms with van der Waals surface area (Å²) in [7, 11) is 0. The summed E-state index contributed by atoms with van der Waals surface area (Å²) in [5.74, 6) is -0.438. The van der Waals surface area contributed by atoms with E-state index < -0.39 is 0 Å². The van der Waals surface area contributed by atoms with Gasteiger partial charge in [-0.1, -0.05) is 18.2 Å². The van der Waals surface area contributed by atoms with E-state index in [1.807, 2.05) is 24.3 Å². The van der Waals surface area contributed by atoms with Crippen molar-refractivity contribution in [2.45, 2.75) is 13.3 Å². The minimum atomic E-state index is -0.341. The number of carbonyl (C=O) groups is 2. The van der Waals surface area contributed by atoms with E-state index in [9.17, 15) is 9.59 Å². The second-order valence-corrected chi connectivity index (χ2v) is 6.69. The van der Waals surface area contributed by atoms with Crippen LogP contribution in [0, 0.1) is 0 Å². The number of rotatable bonds is 5. The molecule has 6 heteroatoms. The molecule has 2 aromatic carbocycles. The summed E-state index contributed by atoms with van der Waals surface area (Å²) in [6.45, 7) is 2.79. The van der Waals surface area contributed by atoms with Crippen LogP contribution >= 0.6 is 0 Å². The molecule has 1 aromatic heterocycles. The van der Waals surface area contributed by atoms with Crippen molar-refractivity contribution in [2.24, 2.45) is 0 Å². The molecule has 0 fully saturated rings. The number of ether oxygens (including phenoxy) is 1. The predicted molar refractivity (Wildman–Crippen MR) is 112 cm³/mol. The van der Waals surface area contributed by atoms with E-state index in [0.717, 1.165) is 23.5 Å². The third-order valence-corrected chi connectivity index (χ3v) is 4.80. The second-order valence-electron chi connectivity index (χ2n) is 6.69. The van der Waals surface area contributed by atoms with E-state index in [1.165, 1.54) is 5.56 Å². The number of carbonyl (C=O) groups excluding carboxylic acids is 2. The second kappa shape index (κ2) is 8.14. The van der Waals surface area contributed by atoms with Gasteiger partial charge in [0.15, 0.2) is 0 Å². The molecule has 4 rings (SSSR count). The molecule has 0 spiro atoms. The number of amides is 1. The zero-order chi connectivity index (χ0) is 20.2. The van der Waals surface area contributed by atoms with Crippen molar-refractivity contribution in [1.82, 2.24) is 4.98 Å². The topological polar surface area (TPSA) is 71.5 Å². The van der Waals surface area contributed by atoms with Crippen LogP contribution in [0.5, 0.6) is 0 Å². The van der Waals surface area contributed by atoms with E-state index in [1.54, 1.807) is 48.4 Å². The number of benzene rings is 2. The molecule has 0 atom stereocenters. The van der Waals surface area contributed by atoms with Gasteiger partial charge in [0.2, 0.25) is 0 Å². The minimum absolute atomic E-state index is 0.0970. The first-order chi connectivity index (χ1) is 14.2. The normalized spacial score (nSPS) is 12.4. The number of esters is 1. The van der Waals surface area contributed by atoms with Crippen LogP contribution < -0.4 is 10.2 Å². The fraction of sp³-hybridized carbons (Fsp3) is 0.174. The third-order valence-electron chi connectivity index (χ3n) is 4.80. The molecule has 2 heterocycles. The molecule has 6 nitrogen and oxygen atoms in total. The Hall–Kier alpha value is -3.67. The summed E-state index contributed by atoms with van der Waals surface area (Å²) in [5.41, 5.74) is 4.63. The summed E-state index contributed by atoms with van der Waals surface area (Å²) in [4.78, 5) is 30.7. The molecule has 1 N–H and O–H groups in total. The molecule has 1 aliphatic rings. The van der Waals surface area contributed by atoms with E-state index in [2.05, 4.69) is 16.4 Å².